The number of carbonyl (C=O) groups excluding carboxylic acids is 1. The van der Waals surface area contributed by atoms with Gasteiger partial charge in [-0.1, -0.05) is 45.0 Å². The molecule has 1 aliphatic rings. The summed E-state index contributed by atoms with van der Waals surface area (Å²) in [6.07, 6.45) is 2.44. The van der Waals surface area contributed by atoms with Crippen molar-refractivity contribution in [3.05, 3.63) is 59.7 Å². The van der Waals surface area contributed by atoms with Crippen LogP contribution in [0.2, 0.25) is 0 Å². The first-order valence-corrected chi connectivity index (χ1v) is 8.71. The SMILES string of the molecule is CC(C)(C)c1ccc(C(=O)Nc2ccccc2N2CCCC2)cc1. The number of para-hydroxylation sites is 2. The Morgan fingerprint density at radius 3 is 2.21 bits per heavy atom. The second-order valence-corrected chi connectivity index (χ2v) is 7.49. The third-order valence-electron chi connectivity index (χ3n) is 4.61. The van der Waals surface area contributed by atoms with Crippen LogP contribution in [0.4, 0.5) is 11.4 Å². The van der Waals surface area contributed by atoms with Gasteiger partial charge in [-0.25, -0.2) is 0 Å². The third kappa shape index (κ3) is 3.61. The molecule has 0 radical (unpaired) electrons. The summed E-state index contributed by atoms with van der Waals surface area (Å²) in [4.78, 5) is 15.0. The van der Waals surface area contributed by atoms with Crippen LogP contribution in [0.15, 0.2) is 48.5 Å². The van der Waals surface area contributed by atoms with Gasteiger partial charge in [-0.2, -0.15) is 0 Å². The van der Waals surface area contributed by atoms with Crippen molar-refractivity contribution in [1.29, 1.82) is 0 Å². The molecular formula is C21H26N2O. The lowest BCUT2D eigenvalue weighted by molar-refractivity contribution is 0.102. The third-order valence-corrected chi connectivity index (χ3v) is 4.61. The van der Waals surface area contributed by atoms with Crippen LogP contribution in [-0.2, 0) is 5.41 Å². The minimum Gasteiger partial charge on any atom is -0.370 e. The number of amides is 1. The highest BCUT2D eigenvalue weighted by Crippen LogP contribution is 2.29. The molecule has 3 rings (SSSR count). The monoisotopic (exact) mass is 322 g/mol. The Labute approximate surface area is 144 Å². The largest absolute Gasteiger partial charge is 0.370 e. The van der Waals surface area contributed by atoms with Crippen molar-refractivity contribution in [2.45, 2.75) is 39.0 Å². The number of anilines is 2. The standard InChI is InChI=1S/C21H26N2O/c1-21(2,3)17-12-10-16(11-13-17)20(24)22-18-8-4-5-9-19(18)23-14-6-7-15-23/h4-5,8-13H,6-7,14-15H2,1-3H3,(H,22,24). The molecule has 1 fully saturated rings. The average molecular weight is 322 g/mol. The van der Waals surface area contributed by atoms with E-state index in [0.717, 1.165) is 24.5 Å². The molecule has 0 atom stereocenters. The van der Waals surface area contributed by atoms with E-state index < -0.39 is 0 Å². The van der Waals surface area contributed by atoms with Crippen molar-refractivity contribution < 1.29 is 4.79 Å². The van der Waals surface area contributed by atoms with Gasteiger partial charge < -0.3 is 10.2 Å². The van der Waals surface area contributed by atoms with Crippen LogP contribution in [-0.4, -0.2) is 19.0 Å². The van der Waals surface area contributed by atoms with Crippen molar-refractivity contribution >= 4 is 17.3 Å². The highest BCUT2D eigenvalue weighted by molar-refractivity contribution is 6.06. The number of hydrogen-bond acceptors (Lipinski definition) is 2. The maximum atomic E-state index is 12.6. The van der Waals surface area contributed by atoms with Crippen molar-refractivity contribution in [2.24, 2.45) is 0 Å². The lowest BCUT2D eigenvalue weighted by atomic mass is 9.87. The molecule has 0 bridgehead atoms. The molecule has 0 spiro atoms. The van der Waals surface area contributed by atoms with E-state index >= 15 is 0 Å². The van der Waals surface area contributed by atoms with E-state index in [4.69, 9.17) is 0 Å². The van der Waals surface area contributed by atoms with E-state index in [1.54, 1.807) is 0 Å². The number of nitrogens with zero attached hydrogens (tertiary/aromatic N) is 1. The molecule has 0 aromatic heterocycles. The molecule has 2 aromatic carbocycles. The molecule has 24 heavy (non-hydrogen) atoms. The number of rotatable bonds is 3. The molecule has 0 saturated carbocycles. The molecule has 3 nitrogen and oxygen atoms in total. The van der Waals surface area contributed by atoms with Crippen LogP contribution in [0, 0.1) is 0 Å². The molecule has 0 aliphatic carbocycles. The van der Waals surface area contributed by atoms with Gasteiger partial charge in [0.15, 0.2) is 0 Å². The van der Waals surface area contributed by atoms with Gasteiger partial charge in [0.25, 0.3) is 5.91 Å². The number of hydrogen-bond donors (Lipinski definition) is 1. The predicted molar refractivity (Wildman–Crippen MR) is 101 cm³/mol. The van der Waals surface area contributed by atoms with Gasteiger partial charge in [-0.05, 0) is 48.1 Å². The summed E-state index contributed by atoms with van der Waals surface area (Å²) in [5.74, 6) is -0.0536. The van der Waals surface area contributed by atoms with Crippen LogP contribution in [0.1, 0.15) is 49.5 Å². The van der Waals surface area contributed by atoms with E-state index in [9.17, 15) is 4.79 Å². The number of nitrogens with one attached hydrogen (secondary N) is 1. The Hall–Kier alpha value is -2.29. The predicted octanol–water partition coefficient (Wildman–Crippen LogP) is 4.84. The highest BCUT2D eigenvalue weighted by Gasteiger charge is 2.18. The molecule has 1 N–H and O–H groups in total. The van der Waals surface area contributed by atoms with E-state index in [2.05, 4.69) is 37.1 Å². The Bertz CT molecular complexity index is 707. The van der Waals surface area contributed by atoms with Crippen LogP contribution in [0.25, 0.3) is 0 Å². The summed E-state index contributed by atoms with van der Waals surface area (Å²) >= 11 is 0. The lowest BCUT2D eigenvalue weighted by Gasteiger charge is -2.22. The van der Waals surface area contributed by atoms with Crippen LogP contribution < -0.4 is 10.2 Å². The fraction of sp³-hybridized carbons (Fsp3) is 0.381. The van der Waals surface area contributed by atoms with E-state index in [-0.39, 0.29) is 11.3 Å². The zero-order valence-corrected chi connectivity index (χ0v) is 14.8. The Kier molecular flexibility index (Phi) is 4.61. The Morgan fingerprint density at radius 1 is 0.958 bits per heavy atom. The molecule has 2 aromatic rings. The highest BCUT2D eigenvalue weighted by atomic mass is 16.1. The summed E-state index contributed by atoms with van der Waals surface area (Å²) in [5.41, 5.74) is 4.03. The number of carbonyl (C=O) groups is 1. The van der Waals surface area contributed by atoms with Gasteiger partial charge in [0.1, 0.15) is 0 Å². The molecule has 1 amide bonds. The van der Waals surface area contributed by atoms with Crippen molar-refractivity contribution in [3.8, 4) is 0 Å². The molecule has 126 valence electrons. The van der Waals surface area contributed by atoms with E-state index in [1.807, 2.05) is 42.5 Å². The first-order valence-electron chi connectivity index (χ1n) is 8.71. The zero-order chi connectivity index (χ0) is 17.2. The average Bonchev–Trinajstić information content (AvgIpc) is 3.09. The van der Waals surface area contributed by atoms with Crippen molar-refractivity contribution in [2.75, 3.05) is 23.3 Å². The van der Waals surface area contributed by atoms with E-state index in [1.165, 1.54) is 18.4 Å². The smallest absolute Gasteiger partial charge is 0.255 e. The first-order chi connectivity index (χ1) is 11.4. The molecule has 1 saturated heterocycles. The summed E-state index contributed by atoms with van der Waals surface area (Å²) in [6, 6.07) is 16.0. The van der Waals surface area contributed by atoms with Gasteiger partial charge in [0, 0.05) is 18.7 Å². The van der Waals surface area contributed by atoms with Crippen LogP contribution in [0.5, 0.6) is 0 Å². The molecule has 1 aliphatic heterocycles. The Balaban J connectivity index is 1.78. The number of benzene rings is 2. The molecule has 0 unspecified atom stereocenters. The topological polar surface area (TPSA) is 32.3 Å². The minimum absolute atomic E-state index is 0.0536. The second-order valence-electron chi connectivity index (χ2n) is 7.49. The normalized spacial score (nSPS) is 14.7. The lowest BCUT2D eigenvalue weighted by Crippen LogP contribution is -2.21. The molecule has 1 heterocycles. The summed E-state index contributed by atoms with van der Waals surface area (Å²) in [5, 5.41) is 3.08. The first kappa shape index (κ1) is 16.6. The van der Waals surface area contributed by atoms with Gasteiger partial charge in [0.2, 0.25) is 0 Å². The van der Waals surface area contributed by atoms with Crippen molar-refractivity contribution in [3.63, 3.8) is 0 Å². The van der Waals surface area contributed by atoms with Crippen LogP contribution in [0.3, 0.4) is 0 Å². The molecule has 3 heteroatoms. The minimum atomic E-state index is -0.0536. The summed E-state index contributed by atoms with van der Waals surface area (Å²) < 4.78 is 0. The van der Waals surface area contributed by atoms with Gasteiger partial charge in [-0.3, -0.25) is 4.79 Å². The zero-order valence-electron chi connectivity index (χ0n) is 14.8. The summed E-state index contributed by atoms with van der Waals surface area (Å²) in [6.45, 7) is 8.65. The fourth-order valence-electron chi connectivity index (χ4n) is 3.13. The maximum Gasteiger partial charge on any atom is 0.255 e. The van der Waals surface area contributed by atoms with Crippen LogP contribution >= 0.6 is 0 Å². The van der Waals surface area contributed by atoms with Crippen molar-refractivity contribution in [1.82, 2.24) is 0 Å². The fourth-order valence-corrected chi connectivity index (χ4v) is 3.13. The van der Waals surface area contributed by atoms with Gasteiger partial charge in [0.05, 0.1) is 11.4 Å². The maximum absolute atomic E-state index is 12.6. The summed E-state index contributed by atoms with van der Waals surface area (Å²) in [7, 11) is 0. The van der Waals surface area contributed by atoms with Gasteiger partial charge in [-0.15, -0.1) is 0 Å². The quantitative estimate of drug-likeness (QED) is 0.877. The Morgan fingerprint density at radius 2 is 1.58 bits per heavy atom. The van der Waals surface area contributed by atoms with E-state index in [0.29, 0.717) is 5.56 Å². The van der Waals surface area contributed by atoms with Gasteiger partial charge >= 0.3 is 0 Å². The second kappa shape index (κ2) is 6.68. The molecular weight excluding hydrogens is 296 g/mol.